The number of benzene rings is 3. The summed E-state index contributed by atoms with van der Waals surface area (Å²) in [7, 11) is -3.96. The largest absolute Gasteiger partial charge is 0.354 e. The number of amides is 1. The lowest BCUT2D eigenvalue weighted by Crippen LogP contribution is -2.41. The number of nitrogens with zero attached hydrogens (tertiary/aromatic N) is 1. The third-order valence-electron chi connectivity index (χ3n) is 4.52. The summed E-state index contributed by atoms with van der Waals surface area (Å²) < 4.78 is 27.7. The number of rotatable bonds is 9. The van der Waals surface area contributed by atoms with Crippen molar-refractivity contribution in [3.8, 4) is 0 Å². The highest BCUT2D eigenvalue weighted by atomic mass is 35.5. The highest BCUT2D eigenvalue weighted by Gasteiger charge is 2.27. The SMILES string of the molecule is Cc1ccc(N(CC(=O)NCCSc2ccc(Cl)cc2)S(=O)(=O)c2ccc(Cl)cc2)cc1. The van der Waals surface area contributed by atoms with E-state index in [1.165, 1.54) is 24.3 Å². The van der Waals surface area contributed by atoms with Crippen LogP contribution >= 0.6 is 35.0 Å². The third-order valence-corrected chi connectivity index (χ3v) is 7.82. The van der Waals surface area contributed by atoms with Gasteiger partial charge < -0.3 is 5.32 Å². The molecular formula is C23H22Cl2N2O3S2. The third kappa shape index (κ3) is 6.65. The van der Waals surface area contributed by atoms with Gasteiger partial charge >= 0.3 is 0 Å². The molecule has 0 saturated carbocycles. The van der Waals surface area contributed by atoms with Crippen molar-refractivity contribution in [1.82, 2.24) is 5.32 Å². The van der Waals surface area contributed by atoms with Crippen molar-refractivity contribution in [2.75, 3.05) is 23.1 Å². The van der Waals surface area contributed by atoms with Gasteiger partial charge in [-0.05, 0) is 67.6 Å². The number of hydrogen-bond acceptors (Lipinski definition) is 4. The van der Waals surface area contributed by atoms with Crippen LogP contribution in [-0.4, -0.2) is 33.2 Å². The Morgan fingerprint density at radius 2 is 1.47 bits per heavy atom. The van der Waals surface area contributed by atoms with Crippen LogP contribution in [0.5, 0.6) is 0 Å². The molecule has 0 saturated heterocycles. The van der Waals surface area contributed by atoms with E-state index >= 15 is 0 Å². The van der Waals surface area contributed by atoms with Crippen LogP contribution in [0.1, 0.15) is 5.56 Å². The van der Waals surface area contributed by atoms with E-state index in [-0.39, 0.29) is 17.3 Å². The van der Waals surface area contributed by atoms with Gasteiger partial charge in [-0.1, -0.05) is 40.9 Å². The number of thioether (sulfide) groups is 1. The summed E-state index contributed by atoms with van der Waals surface area (Å²) in [6, 6.07) is 20.3. The van der Waals surface area contributed by atoms with E-state index in [1.54, 1.807) is 36.0 Å². The maximum absolute atomic E-state index is 13.3. The lowest BCUT2D eigenvalue weighted by molar-refractivity contribution is -0.119. The first-order valence-electron chi connectivity index (χ1n) is 9.76. The molecule has 0 atom stereocenters. The van der Waals surface area contributed by atoms with Crippen molar-refractivity contribution in [3.63, 3.8) is 0 Å². The van der Waals surface area contributed by atoms with Gasteiger partial charge in [-0.15, -0.1) is 11.8 Å². The predicted octanol–water partition coefficient (Wildman–Crippen LogP) is 5.41. The number of nitrogens with one attached hydrogen (secondary N) is 1. The Balaban J connectivity index is 1.69. The summed E-state index contributed by atoms with van der Waals surface area (Å²) in [6.07, 6.45) is 0. The van der Waals surface area contributed by atoms with E-state index in [1.807, 2.05) is 31.2 Å². The van der Waals surface area contributed by atoms with E-state index in [0.29, 0.717) is 28.0 Å². The number of anilines is 1. The maximum Gasteiger partial charge on any atom is 0.264 e. The molecule has 3 aromatic carbocycles. The smallest absolute Gasteiger partial charge is 0.264 e. The molecule has 0 fully saturated rings. The van der Waals surface area contributed by atoms with Crippen molar-refractivity contribution >= 4 is 56.6 Å². The molecule has 0 spiro atoms. The number of hydrogen-bond donors (Lipinski definition) is 1. The Bertz CT molecular complexity index is 1150. The Kier molecular flexibility index (Phi) is 8.48. The van der Waals surface area contributed by atoms with Crippen LogP contribution in [0.2, 0.25) is 10.0 Å². The lowest BCUT2D eigenvalue weighted by Gasteiger charge is -2.24. The molecule has 0 radical (unpaired) electrons. The summed E-state index contributed by atoms with van der Waals surface area (Å²) in [5.74, 6) is 0.252. The number of carbonyl (C=O) groups excluding carboxylic acids is 1. The van der Waals surface area contributed by atoms with Gasteiger partial charge in [0.2, 0.25) is 5.91 Å². The second-order valence-corrected chi connectivity index (χ2v) is 10.9. The summed E-state index contributed by atoms with van der Waals surface area (Å²) in [5.41, 5.74) is 1.40. The Morgan fingerprint density at radius 3 is 2.06 bits per heavy atom. The second-order valence-electron chi connectivity index (χ2n) is 6.95. The minimum absolute atomic E-state index is 0.0635. The van der Waals surface area contributed by atoms with Crippen molar-refractivity contribution in [1.29, 1.82) is 0 Å². The average molecular weight is 509 g/mol. The quantitative estimate of drug-likeness (QED) is 0.310. The molecule has 168 valence electrons. The molecule has 32 heavy (non-hydrogen) atoms. The number of carbonyl (C=O) groups is 1. The van der Waals surface area contributed by atoms with Crippen molar-refractivity contribution in [2.24, 2.45) is 0 Å². The minimum Gasteiger partial charge on any atom is -0.354 e. The van der Waals surface area contributed by atoms with Gasteiger partial charge in [0.05, 0.1) is 10.6 Å². The molecule has 1 N–H and O–H groups in total. The van der Waals surface area contributed by atoms with Crippen LogP contribution < -0.4 is 9.62 Å². The monoisotopic (exact) mass is 508 g/mol. The highest BCUT2D eigenvalue weighted by Crippen LogP contribution is 2.25. The summed E-state index contributed by atoms with van der Waals surface area (Å²) in [4.78, 5) is 13.7. The molecule has 0 aromatic heterocycles. The van der Waals surface area contributed by atoms with Crippen LogP contribution in [0.3, 0.4) is 0 Å². The Labute approximate surface area is 202 Å². The standard InChI is InChI=1S/C23H22Cl2N2O3S2/c1-17-2-8-20(9-3-17)27(32(29,30)22-12-6-19(25)7-13-22)16-23(28)26-14-15-31-21-10-4-18(24)5-11-21/h2-13H,14-16H2,1H3,(H,26,28). The first-order valence-corrected chi connectivity index (χ1v) is 12.9. The first-order chi connectivity index (χ1) is 15.3. The van der Waals surface area contributed by atoms with Crippen LogP contribution in [0.25, 0.3) is 0 Å². The maximum atomic E-state index is 13.3. The summed E-state index contributed by atoms with van der Waals surface area (Å²) in [5, 5.41) is 3.90. The minimum atomic E-state index is -3.96. The van der Waals surface area contributed by atoms with E-state index < -0.39 is 10.0 Å². The zero-order chi connectivity index (χ0) is 23.1. The molecule has 9 heteroatoms. The fourth-order valence-electron chi connectivity index (χ4n) is 2.84. The van der Waals surface area contributed by atoms with Gasteiger partial charge in [-0.25, -0.2) is 8.42 Å². The fourth-order valence-corrected chi connectivity index (χ4v) is 5.28. The molecule has 0 aliphatic heterocycles. The normalized spacial score (nSPS) is 11.2. The summed E-state index contributed by atoms with van der Waals surface area (Å²) in [6.45, 7) is 1.97. The molecule has 5 nitrogen and oxygen atoms in total. The van der Waals surface area contributed by atoms with Gasteiger partial charge in [0, 0.05) is 27.2 Å². The first kappa shape index (κ1) is 24.5. The lowest BCUT2D eigenvalue weighted by atomic mass is 10.2. The number of halogens is 2. The second kappa shape index (κ2) is 11.1. The topological polar surface area (TPSA) is 66.5 Å². The molecule has 0 bridgehead atoms. The van der Waals surface area contributed by atoms with Gasteiger partial charge in [0.25, 0.3) is 10.0 Å². The van der Waals surface area contributed by atoms with Crippen LogP contribution in [0.4, 0.5) is 5.69 Å². The van der Waals surface area contributed by atoms with Crippen LogP contribution in [0.15, 0.2) is 82.6 Å². The van der Waals surface area contributed by atoms with E-state index in [9.17, 15) is 13.2 Å². The van der Waals surface area contributed by atoms with Crippen LogP contribution in [0, 0.1) is 6.92 Å². The number of aryl methyl sites for hydroxylation is 1. The molecule has 3 rings (SSSR count). The molecule has 3 aromatic rings. The van der Waals surface area contributed by atoms with Crippen molar-refractivity contribution < 1.29 is 13.2 Å². The number of sulfonamides is 1. The van der Waals surface area contributed by atoms with Crippen molar-refractivity contribution in [2.45, 2.75) is 16.7 Å². The van der Waals surface area contributed by atoms with E-state index in [0.717, 1.165) is 14.8 Å². The van der Waals surface area contributed by atoms with Gasteiger partial charge in [-0.3, -0.25) is 9.10 Å². The van der Waals surface area contributed by atoms with Crippen molar-refractivity contribution in [3.05, 3.63) is 88.4 Å². The molecule has 0 aliphatic rings. The Morgan fingerprint density at radius 1 is 0.906 bits per heavy atom. The summed E-state index contributed by atoms with van der Waals surface area (Å²) >= 11 is 13.4. The molecule has 0 unspecified atom stereocenters. The van der Waals surface area contributed by atoms with Gasteiger partial charge in [0.1, 0.15) is 6.54 Å². The molecule has 1 amide bonds. The zero-order valence-corrected chi connectivity index (χ0v) is 20.4. The van der Waals surface area contributed by atoms with Gasteiger partial charge in [-0.2, -0.15) is 0 Å². The molecule has 0 aliphatic carbocycles. The average Bonchev–Trinajstić information content (AvgIpc) is 2.77. The van der Waals surface area contributed by atoms with E-state index in [2.05, 4.69) is 5.32 Å². The predicted molar refractivity (Wildman–Crippen MR) is 132 cm³/mol. The van der Waals surface area contributed by atoms with E-state index in [4.69, 9.17) is 23.2 Å². The fraction of sp³-hybridized carbons (Fsp3) is 0.174. The zero-order valence-electron chi connectivity index (χ0n) is 17.3. The Hall–Kier alpha value is -2.19. The highest BCUT2D eigenvalue weighted by molar-refractivity contribution is 7.99. The molecule has 0 heterocycles. The van der Waals surface area contributed by atoms with Gasteiger partial charge in [0.15, 0.2) is 0 Å². The van der Waals surface area contributed by atoms with Crippen LogP contribution in [-0.2, 0) is 14.8 Å². The molecular weight excluding hydrogens is 487 g/mol.